The monoisotopic (exact) mass is 324 g/mol. The third kappa shape index (κ3) is 3.75. The Balaban J connectivity index is 1.67. The molecule has 1 aliphatic rings. The molecule has 126 valence electrons. The summed E-state index contributed by atoms with van der Waals surface area (Å²) in [6.07, 6.45) is 4.92. The average molecular weight is 324 g/mol. The van der Waals surface area contributed by atoms with Crippen molar-refractivity contribution in [3.8, 4) is 5.75 Å². The van der Waals surface area contributed by atoms with E-state index in [0.29, 0.717) is 0 Å². The topological polar surface area (TPSA) is 42.4 Å². The molecule has 1 amide bonds. The smallest absolute Gasteiger partial charge is 0.261 e. The minimum atomic E-state index is 0.0311. The van der Waals surface area contributed by atoms with Gasteiger partial charge in [-0.15, -0.1) is 0 Å². The standard InChI is InChI=1S/C20H24N2O2/c1-15-9-10-17(13-16(15)2)24-14-20(23)22-12-6-4-8-19(22)18-7-3-5-11-21-18/h3,5,7,9-11,13,19H,4,6,8,12,14H2,1-2H3/t19-/m0/s1. The lowest BCUT2D eigenvalue weighted by Gasteiger charge is -2.35. The lowest BCUT2D eigenvalue weighted by Crippen LogP contribution is -2.41. The number of rotatable bonds is 4. The molecule has 2 heterocycles. The molecule has 3 rings (SSSR count). The van der Waals surface area contributed by atoms with Crippen molar-refractivity contribution in [1.29, 1.82) is 0 Å². The van der Waals surface area contributed by atoms with Gasteiger partial charge in [0.2, 0.25) is 0 Å². The van der Waals surface area contributed by atoms with Gasteiger partial charge in [-0.3, -0.25) is 9.78 Å². The molecule has 0 N–H and O–H groups in total. The molecular formula is C20H24N2O2. The molecule has 4 heteroatoms. The molecule has 0 spiro atoms. The Bertz CT molecular complexity index is 700. The maximum atomic E-state index is 12.7. The highest BCUT2D eigenvalue weighted by atomic mass is 16.5. The van der Waals surface area contributed by atoms with E-state index in [9.17, 15) is 4.79 Å². The Labute approximate surface area is 143 Å². The van der Waals surface area contributed by atoms with Crippen molar-refractivity contribution in [2.24, 2.45) is 0 Å². The van der Waals surface area contributed by atoms with E-state index < -0.39 is 0 Å². The van der Waals surface area contributed by atoms with Crippen LogP contribution in [-0.2, 0) is 4.79 Å². The highest BCUT2D eigenvalue weighted by molar-refractivity contribution is 5.78. The summed E-state index contributed by atoms with van der Waals surface area (Å²) in [5.41, 5.74) is 3.36. The van der Waals surface area contributed by atoms with Crippen LogP contribution in [0.5, 0.6) is 5.75 Å². The lowest BCUT2D eigenvalue weighted by molar-refractivity contribution is -0.137. The molecule has 0 saturated carbocycles. The van der Waals surface area contributed by atoms with Crippen molar-refractivity contribution in [3.05, 3.63) is 59.4 Å². The highest BCUT2D eigenvalue weighted by Gasteiger charge is 2.28. The van der Waals surface area contributed by atoms with Crippen LogP contribution in [0.15, 0.2) is 42.6 Å². The summed E-state index contributed by atoms with van der Waals surface area (Å²) in [5, 5.41) is 0. The lowest BCUT2D eigenvalue weighted by atomic mass is 9.99. The van der Waals surface area contributed by atoms with Gasteiger partial charge >= 0.3 is 0 Å². The van der Waals surface area contributed by atoms with Crippen LogP contribution in [0.3, 0.4) is 0 Å². The fraction of sp³-hybridized carbons (Fsp3) is 0.400. The number of nitrogens with zero attached hydrogens (tertiary/aromatic N) is 2. The Morgan fingerprint density at radius 1 is 1.21 bits per heavy atom. The number of pyridine rings is 1. The van der Waals surface area contributed by atoms with Crippen LogP contribution in [0.25, 0.3) is 0 Å². The van der Waals surface area contributed by atoms with Crippen molar-refractivity contribution in [2.75, 3.05) is 13.2 Å². The van der Waals surface area contributed by atoms with Crippen molar-refractivity contribution in [2.45, 2.75) is 39.2 Å². The molecule has 1 atom stereocenters. The highest BCUT2D eigenvalue weighted by Crippen LogP contribution is 2.29. The quantitative estimate of drug-likeness (QED) is 0.858. The number of aromatic nitrogens is 1. The third-order valence-corrected chi connectivity index (χ3v) is 4.69. The van der Waals surface area contributed by atoms with Gasteiger partial charge in [-0.2, -0.15) is 0 Å². The maximum absolute atomic E-state index is 12.7. The third-order valence-electron chi connectivity index (χ3n) is 4.69. The number of aryl methyl sites for hydroxylation is 2. The number of ether oxygens (including phenoxy) is 1. The first kappa shape index (κ1) is 16.5. The maximum Gasteiger partial charge on any atom is 0.261 e. The predicted octanol–water partition coefficient (Wildman–Crippen LogP) is 3.83. The van der Waals surface area contributed by atoms with Crippen LogP contribution in [0.2, 0.25) is 0 Å². The fourth-order valence-corrected chi connectivity index (χ4v) is 3.14. The van der Waals surface area contributed by atoms with Crippen LogP contribution in [0.4, 0.5) is 0 Å². The molecule has 0 radical (unpaired) electrons. The second-order valence-corrected chi connectivity index (χ2v) is 6.39. The van der Waals surface area contributed by atoms with E-state index in [1.807, 2.05) is 48.2 Å². The number of amides is 1. The van der Waals surface area contributed by atoms with Crippen molar-refractivity contribution in [3.63, 3.8) is 0 Å². The van der Waals surface area contributed by atoms with Gasteiger partial charge in [0.05, 0.1) is 11.7 Å². The average Bonchev–Trinajstić information content (AvgIpc) is 2.63. The van der Waals surface area contributed by atoms with E-state index in [1.54, 1.807) is 6.20 Å². The molecule has 0 aliphatic carbocycles. The Kier molecular flexibility index (Phi) is 5.14. The first-order valence-electron chi connectivity index (χ1n) is 8.55. The van der Waals surface area contributed by atoms with Gasteiger partial charge in [0.25, 0.3) is 5.91 Å². The molecular weight excluding hydrogens is 300 g/mol. The summed E-state index contributed by atoms with van der Waals surface area (Å²) < 4.78 is 5.73. The SMILES string of the molecule is Cc1ccc(OCC(=O)N2CCCC[C@H]2c2ccccn2)cc1C. The number of hydrogen-bond donors (Lipinski definition) is 0. The first-order chi connectivity index (χ1) is 11.6. The number of carbonyl (C=O) groups is 1. The molecule has 1 aliphatic heterocycles. The van der Waals surface area contributed by atoms with Crippen molar-refractivity contribution < 1.29 is 9.53 Å². The molecule has 0 unspecified atom stereocenters. The zero-order valence-electron chi connectivity index (χ0n) is 14.4. The zero-order valence-corrected chi connectivity index (χ0v) is 14.4. The van der Waals surface area contributed by atoms with E-state index in [0.717, 1.165) is 37.3 Å². The van der Waals surface area contributed by atoms with E-state index in [4.69, 9.17) is 4.74 Å². The Morgan fingerprint density at radius 2 is 2.08 bits per heavy atom. The minimum absolute atomic E-state index is 0.0311. The molecule has 1 fully saturated rings. The van der Waals surface area contributed by atoms with E-state index in [-0.39, 0.29) is 18.6 Å². The number of hydrogen-bond acceptors (Lipinski definition) is 3. The second kappa shape index (κ2) is 7.47. The predicted molar refractivity (Wildman–Crippen MR) is 94.0 cm³/mol. The number of benzene rings is 1. The fourth-order valence-electron chi connectivity index (χ4n) is 3.14. The van der Waals surface area contributed by atoms with Gasteiger partial charge in [0.1, 0.15) is 5.75 Å². The number of carbonyl (C=O) groups excluding carboxylic acids is 1. The Hall–Kier alpha value is -2.36. The van der Waals surface area contributed by atoms with Crippen LogP contribution in [0.1, 0.15) is 42.1 Å². The van der Waals surface area contributed by atoms with Gasteiger partial charge in [-0.1, -0.05) is 12.1 Å². The van der Waals surface area contributed by atoms with E-state index in [2.05, 4.69) is 11.9 Å². The van der Waals surface area contributed by atoms with Crippen LogP contribution in [-0.4, -0.2) is 28.9 Å². The van der Waals surface area contributed by atoms with Gasteiger partial charge in [-0.25, -0.2) is 0 Å². The normalized spacial score (nSPS) is 17.6. The minimum Gasteiger partial charge on any atom is -0.484 e. The summed E-state index contributed by atoms with van der Waals surface area (Å²) in [6.45, 7) is 4.96. The summed E-state index contributed by atoms with van der Waals surface area (Å²) in [5.74, 6) is 0.779. The van der Waals surface area contributed by atoms with Gasteiger partial charge in [-0.05, 0) is 68.5 Å². The molecule has 1 aromatic carbocycles. The molecule has 4 nitrogen and oxygen atoms in total. The van der Waals surface area contributed by atoms with Gasteiger partial charge < -0.3 is 9.64 Å². The molecule has 1 aromatic heterocycles. The summed E-state index contributed by atoms with van der Waals surface area (Å²) in [7, 11) is 0. The van der Waals surface area contributed by atoms with Gasteiger partial charge in [0, 0.05) is 12.7 Å². The Morgan fingerprint density at radius 3 is 2.83 bits per heavy atom. The van der Waals surface area contributed by atoms with Crippen LogP contribution in [0, 0.1) is 13.8 Å². The molecule has 2 aromatic rings. The van der Waals surface area contributed by atoms with Crippen LogP contribution < -0.4 is 4.74 Å². The summed E-state index contributed by atoms with van der Waals surface area (Å²) in [4.78, 5) is 19.0. The van der Waals surface area contributed by atoms with Crippen molar-refractivity contribution in [1.82, 2.24) is 9.88 Å². The summed E-state index contributed by atoms with van der Waals surface area (Å²) >= 11 is 0. The molecule has 0 bridgehead atoms. The van der Waals surface area contributed by atoms with E-state index >= 15 is 0 Å². The molecule has 24 heavy (non-hydrogen) atoms. The first-order valence-corrected chi connectivity index (χ1v) is 8.55. The zero-order chi connectivity index (χ0) is 16.9. The number of piperidine rings is 1. The van der Waals surface area contributed by atoms with Crippen molar-refractivity contribution >= 4 is 5.91 Å². The largest absolute Gasteiger partial charge is 0.484 e. The summed E-state index contributed by atoms with van der Waals surface area (Å²) in [6, 6.07) is 11.9. The molecule has 1 saturated heterocycles. The van der Waals surface area contributed by atoms with Crippen LogP contribution >= 0.6 is 0 Å². The van der Waals surface area contributed by atoms with E-state index in [1.165, 1.54) is 11.1 Å². The van der Waals surface area contributed by atoms with Gasteiger partial charge in [0.15, 0.2) is 6.61 Å². The second-order valence-electron chi connectivity index (χ2n) is 6.39. The number of likely N-dealkylation sites (tertiary alicyclic amines) is 1.